The first-order chi connectivity index (χ1) is 11.1. The fourth-order valence-corrected chi connectivity index (χ4v) is 9.79. The van der Waals surface area contributed by atoms with Gasteiger partial charge in [0.15, 0.2) is 0 Å². The first-order valence-electron chi connectivity index (χ1n) is 9.16. The van der Waals surface area contributed by atoms with E-state index in [9.17, 15) is 0 Å². The number of rotatable bonds is 2. The summed E-state index contributed by atoms with van der Waals surface area (Å²) in [6.45, 7) is 0. The van der Waals surface area contributed by atoms with Crippen molar-refractivity contribution >= 4 is 47.2 Å². The molecular weight excluding hydrogens is 286 g/mol. The Bertz CT molecular complexity index is 701. The lowest BCUT2D eigenvalue weighted by atomic mass is 10.3. The van der Waals surface area contributed by atoms with Crippen LogP contribution in [0.15, 0.2) is 24.3 Å². The molecule has 0 aliphatic carbocycles. The maximum Gasteiger partial charge on any atom is 0.0367 e. The van der Waals surface area contributed by atoms with Crippen molar-refractivity contribution in [2.45, 2.75) is 25.7 Å². The minimum atomic E-state index is -0.807. The van der Waals surface area contributed by atoms with Crippen molar-refractivity contribution in [2.24, 2.45) is 0 Å². The Hall–Kier alpha value is 0.0400. The second-order valence-corrected chi connectivity index (χ2v) is 10.3. The van der Waals surface area contributed by atoms with Gasteiger partial charge in [0, 0.05) is 25.5 Å². The van der Waals surface area contributed by atoms with E-state index >= 15 is 0 Å². The molecule has 3 heteroatoms. The number of fused-ring (bicyclic) bond motifs is 1. The summed E-state index contributed by atoms with van der Waals surface area (Å²) in [6, 6.07) is 8.35. The van der Waals surface area contributed by atoms with E-state index in [1.165, 1.54) is 20.0 Å². The molecule has 4 rings (SSSR count). The molecule has 1 aromatic carbocycles. The monoisotopic (exact) mass is 314 g/mol. The summed E-state index contributed by atoms with van der Waals surface area (Å²) in [6.07, 6.45) is 2.77. The fourth-order valence-electron chi connectivity index (χ4n) is 2.80. The van der Waals surface area contributed by atoms with Gasteiger partial charge in [-0.05, 0) is 56.3 Å². The summed E-state index contributed by atoms with van der Waals surface area (Å²) in [5.41, 5.74) is 0. The van der Waals surface area contributed by atoms with Crippen molar-refractivity contribution in [2.75, 3.05) is 24.6 Å². The predicted molar refractivity (Wildman–Crippen MR) is 92.9 cm³/mol. The van der Waals surface area contributed by atoms with Gasteiger partial charge >= 0.3 is 0 Å². The average molecular weight is 314 g/mol. The molecule has 100 valence electrons. The van der Waals surface area contributed by atoms with Crippen LogP contribution in [-0.4, -0.2) is 24.6 Å². The van der Waals surface area contributed by atoms with Gasteiger partial charge in [0.1, 0.15) is 0 Å². The molecule has 2 aromatic rings. The normalized spacial score (nSPS) is 45.9. The highest BCUT2D eigenvalue weighted by molar-refractivity contribution is 7.77. The highest BCUT2D eigenvalue weighted by Crippen LogP contribution is 2.51. The van der Waals surface area contributed by atoms with Crippen molar-refractivity contribution in [1.29, 1.82) is 0 Å². The molecule has 0 N–H and O–H groups in total. The third-order valence-electron chi connectivity index (χ3n) is 3.68. The Morgan fingerprint density at radius 3 is 2.26 bits per heavy atom. The lowest BCUT2D eigenvalue weighted by molar-refractivity contribution is 0.949. The Labute approximate surface area is 127 Å². The van der Waals surface area contributed by atoms with Crippen LogP contribution in [0.3, 0.4) is 0 Å². The van der Waals surface area contributed by atoms with Gasteiger partial charge in [0.25, 0.3) is 0 Å². The van der Waals surface area contributed by atoms with Gasteiger partial charge in [-0.3, -0.25) is 0 Å². The molecule has 2 fully saturated rings. The van der Waals surface area contributed by atoms with Gasteiger partial charge < -0.3 is 0 Å². The third kappa shape index (κ3) is 2.29. The van der Waals surface area contributed by atoms with Gasteiger partial charge in [0.05, 0.1) is 0 Å². The summed E-state index contributed by atoms with van der Waals surface area (Å²) < 4.78 is 36.2. The van der Waals surface area contributed by atoms with Crippen molar-refractivity contribution in [3.63, 3.8) is 0 Å². The Kier molecular flexibility index (Phi) is 2.61. The largest absolute Gasteiger partial charge is 0.135 e. The smallest absolute Gasteiger partial charge is 0.0367 e. The molecule has 6 atom stereocenters. The molecule has 0 nitrogen and oxygen atoms in total. The molecule has 0 spiro atoms. The zero-order chi connectivity index (χ0) is 16.1. The van der Waals surface area contributed by atoms with Gasteiger partial charge in [-0.1, -0.05) is 34.0 Å². The van der Waals surface area contributed by atoms with Crippen LogP contribution >= 0.6 is 27.2 Å². The molecule has 0 amide bonds. The summed E-state index contributed by atoms with van der Waals surface area (Å²) >= 11 is 1.76. The fraction of sp³-hybridized carbons (Fsp3) is 0.500. The third-order valence-corrected chi connectivity index (χ3v) is 10.2. The minimum Gasteiger partial charge on any atom is -0.135 e. The van der Waals surface area contributed by atoms with Crippen LogP contribution in [0, 0.1) is 0 Å². The lowest BCUT2D eigenvalue weighted by Crippen LogP contribution is -2.18. The van der Waals surface area contributed by atoms with E-state index in [1.807, 2.05) is 12.1 Å². The molecule has 1 aromatic heterocycles. The lowest BCUT2D eigenvalue weighted by Gasteiger charge is -2.16. The van der Waals surface area contributed by atoms with Crippen LogP contribution in [-0.2, 0) is 0 Å². The van der Waals surface area contributed by atoms with E-state index in [1.54, 1.807) is 11.3 Å². The number of hydrogen-bond acceptors (Lipinski definition) is 1. The summed E-state index contributed by atoms with van der Waals surface area (Å²) in [4.78, 5) is 0. The second-order valence-electron chi connectivity index (χ2n) is 4.95. The molecule has 0 bridgehead atoms. The number of hydrogen-bond donors (Lipinski definition) is 0. The summed E-state index contributed by atoms with van der Waals surface area (Å²) in [5.74, 6) is 0. The van der Waals surface area contributed by atoms with Crippen molar-refractivity contribution in [1.82, 2.24) is 0 Å². The quantitative estimate of drug-likeness (QED) is 0.705. The second kappa shape index (κ2) is 5.44. The van der Waals surface area contributed by atoms with E-state index < -0.39 is 15.8 Å². The Balaban J connectivity index is 1.92. The van der Waals surface area contributed by atoms with Gasteiger partial charge in [-0.25, -0.2) is 0 Å². The van der Waals surface area contributed by atoms with E-state index in [4.69, 9.17) is 5.48 Å². The van der Waals surface area contributed by atoms with E-state index in [0.717, 1.165) is 25.7 Å². The highest BCUT2D eigenvalue weighted by Gasteiger charge is 2.28. The van der Waals surface area contributed by atoms with Gasteiger partial charge in [-0.15, -0.1) is 11.3 Å². The standard InChI is InChI=1S/C16H20P2S/c1-2-8-14-13(7-1)15(17-9-3-4-10-17)16(19-14)18-11-5-6-12-18/h1-2,7-8H,3-6,9-12H2/i9T,10T,11T,12T/t9-,10?,11-,12?,17?,18?/m0/s1. The number of benzene rings is 1. The molecule has 4 unspecified atom stereocenters. The van der Waals surface area contributed by atoms with E-state index in [2.05, 4.69) is 12.1 Å². The van der Waals surface area contributed by atoms with Crippen molar-refractivity contribution in [3.05, 3.63) is 24.3 Å². The van der Waals surface area contributed by atoms with Crippen LogP contribution in [0.5, 0.6) is 0 Å². The van der Waals surface area contributed by atoms with Gasteiger partial charge in [0.2, 0.25) is 0 Å². The molecule has 0 radical (unpaired) electrons. The maximum atomic E-state index is 8.47. The SMILES string of the molecule is [3H]C1CC[C@H]([3H])P1c1sc2ccccc2c1P1C([3H])CC[C@@H]1[3H]. The zero-order valence-corrected chi connectivity index (χ0v) is 13.4. The average Bonchev–Trinajstić information content (AvgIpc) is 3.16. The molecule has 2 saturated heterocycles. The topological polar surface area (TPSA) is 0 Å². The molecule has 2 aliphatic rings. The Morgan fingerprint density at radius 1 is 0.895 bits per heavy atom. The van der Waals surface area contributed by atoms with E-state index in [-0.39, 0.29) is 24.6 Å². The van der Waals surface area contributed by atoms with Crippen molar-refractivity contribution < 1.29 is 5.48 Å². The molecular formula is C16H20P2S. The minimum absolute atomic E-state index is 0.134. The highest BCUT2D eigenvalue weighted by atomic mass is 32.1. The first kappa shape index (κ1) is 9.14. The molecule has 0 saturated carbocycles. The molecule has 3 heterocycles. The van der Waals surface area contributed by atoms with Crippen LogP contribution in [0.2, 0.25) is 0 Å². The van der Waals surface area contributed by atoms with Crippen LogP contribution in [0.25, 0.3) is 10.1 Å². The Morgan fingerprint density at radius 2 is 1.53 bits per heavy atom. The summed E-state index contributed by atoms with van der Waals surface area (Å²) in [5, 5.41) is 2.45. The van der Waals surface area contributed by atoms with Crippen LogP contribution < -0.4 is 9.92 Å². The van der Waals surface area contributed by atoms with E-state index in [0.29, 0.717) is 0 Å². The van der Waals surface area contributed by atoms with Gasteiger partial charge in [-0.2, -0.15) is 0 Å². The van der Waals surface area contributed by atoms with Crippen molar-refractivity contribution in [3.8, 4) is 0 Å². The molecule has 19 heavy (non-hydrogen) atoms. The molecule has 2 aliphatic heterocycles. The zero-order valence-electron chi connectivity index (χ0n) is 14.7. The first-order valence-corrected chi connectivity index (χ1v) is 10.6. The van der Waals surface area contributed by atoms with Crippen LogP contribution in [0.1, 0.15) is 31.2 Å². The maximum absolute atomic E-state index is 8.47. The van der Waals surface area contributed by atoms with Crippen LogP contribution in [0.4, 0.5) is 0 Å². The number of thiophene rings is 1. The predicted octanol–water partition coefficient (Wildman–Crippen LogP) is 4.70. The summed E-state index contributed by atoms with van der Waals surface area (Å²) in [7, 11) is -1.59.